The first-order chi connectivity index (χ1) is 8.78. The highest BCUT2D eigenvalue weighted by molar-refractivity contribution is 5.34. The molecule has 2 aromatic carbocycles. The van der Waals surface area contributed by atoms with Crippen LogP contribution in [0.15, 0.2) is 48.5 Å². The fourth-order valence-corrected chi connectivity index (χ4v) is 2.17. The van der Waals surface area contributed by atoms with Gasteiger partial charge in [-0.05, 0) is 30.2 Å². The second-order valence-corrected chi connectivity index (χ2v) is 4.66. The van der Waals surface area contributed by atoms with Crippen LogP contribution in [0.25, 0.3) is 0 Å². The molecule has 3 rings (SSSR count). The number of benzene rings is 2. The minimum Gasteiger partial charge on any atom is -0.497 e. The number of hydrogen-bond donors (Lipinski definition) is 0. The summed E-state index contributed by atoms with van der Waals surface area (Å²) in [6.07, 6.45) is 0.401. The highest BCUT2D eigenvalue weighted by Crippen LogP contribution is 2.50. The van der Waals surface area contributed by atoms with E-state index in [9.17, 15) is 0 Å². The van der Waals surface area contributed by atoms with Crippen molar-refractivity contribution in [1.82, 2.24) is 0 Å². The van der Waals surface area contributed by atoms with Crippen LogP contribution in [0.5, 0.6) is 5.75 Å². The van der Waals surface area contributed by atoms with Gasteiger partial charge < -0.3 is 9.47 Å². The fourth-order valence-electron chi connectivity index (χ4n) is 2.17. The first kappa shape index (κ1) is 11.3. The average molecular weight is 240 g/mol. The van der Waals surface area contributed by atoms with Crippen molar-refractivity contribution in [2.75, 3.05) is 7.11 Å². The number of epoxide rings is 1. The number of ether oxygens (including phenoxy) is 2. The zero-order valence-electron chi connectivity index (χ0n) is 10.6. The molecular formula is C16H16O2. The average Bonchev–Trinajstić information content (AvgIpc) is 3.20. The van der Waals surface area contributed by atoms with Gasteiger partial charge in [-0.25, -0.2) is 0 Å². The molecule has 1 fully saturated rings. The maximum absolute atomic E-state index is 5.76. The maximum atomic E-state index is 5.76. The Hall–Kier alpha value is -1.80. The largest absolute Gasteiger partial charge is 0.497 e. The van der Waals surface area contributed by atoms with Crippen LogP contribution in [0, 0.1) is 6.92 Å². The first-order valence-electron chi connectivity index (χ1n) is 6.14. The normalized spacial score (nSPS) is 21.7. The number of methoxy groups -OCH3 is 1. The van der Waals surface area contributed by atoms with Crippen LogP contribution < -0.4 is 4.74 Å². The summed E-state index contributed by atoms with van der Waals surface area (Å²) in [4.78, 5) is 0. The van der Waals surface area contributed by atoms with E-state index in [0.717, 1.165) is 5.75 Å². The number of aryl methyl sites for hydroxylation is 1. The van der Waals surface area contributed by atoms with E-state index in [1.807, 2.05) is 12.1 Å². The van der Waals surface area contributed by atoms with Gasteiger partial charge in [-0.2, -0.15) is 0 Å². The minimum absolute atomic E-state index is 0.193. The maximum Gasteiger partial charge on any atom is 0.118 e. The monoisotopic (exact) mass is 240 g/mol. The SMILES string of the molecule is COc1ccc(C2OC2c2ccc(C)cc2)cc1. The molecule has 0 bridgehead atoms. The molecule has 1 aliphatic rings. The molecule has 18 heavy (non-hydrogen) atoms. The predicted octanol–water partition coefficient (Wildman–Crippen LogP) is 3.82. The Morgan fingerprint density at radius 3 is 1.83 bits per heavy atom. The summed E-state index contributed by atoms with van der Waals surface area (Å²) in [5.74, 6) is 0.881. The first-order valence-corrected chi connectivity index (χ1v) is 6.14. The lowest BCUT2D eigenvalue weighted by molar-refractivity contribution is 0.377. The zero-order valence-corrected chi connectivity index (χ0v) is 10.6. The molecule has 0 N–H and O–H groups in total. The van der Waals surface area contributed by atoms with E-state index in [1.165, 1.54) is 16.7 Å². The summed E-state index contributed by atoms with van der Waals surface area (Å²) >= 11 is 0. The van der Waals surface area contributed by atoms with Gasteiger partial charge in [-0.15, -0.1) is 0 Å². The molecule has 1 saturated heterocycles. The summed E-state index contributed by atoms with van der Waals surface area (Å²) < 4.78 is 10.9. The second-order valence-electron chi connectivity index (χ2n) is 4.66. The van der Waals surface area contributed by atoms with Crippen molar-refractivity contribution < 1.29 is 9.47 Å². The molecule has 2 aromatic rings. The van der Waals surface area contributed by atoms with Crippen molar-refractivity contribution >= 4 is 0 Å². The van der Waals surface area contributed by atoms with Gasteiger partial charge in [0.15, 0.2) is 0 Å². The van der Waals surface area contributed by atoms with Crippen LogP contribution in [0.3, 0.4) is 0 Å². The van der Waals surface area contributed by atoms with Crippen molar-refractivity contribution in [2.45, 2.75) is 19.1 Å². The Bertz CT molecular complexity index is 528. The van der Waals surface area contributed by atoms with E-state index >= 15 is 0 Å². The van der Waals surface area contributed by atoms with E-state index in [1.54, 1.807) is 7.11 Å². The van der Waals surface area contributed by atoms with Crippen molar-refractivity contribution in [1.29, 1.82) is 0 Å². The predicted molar refractivity (Wildman–Crippen MR) is 70.7 cm³/mol. The quantitative estimate of drug-likeness (QED) is 0.761. The lowest BCUT2D eigenvalue weighted by atomic mass is 10.0. The summed E-state index contributed by atoms with van der Waals surface area (Å²) in [5.41, 5.74) is 3.74. The summed E-state index contributed by atoms with van der Waals surface area (Å²) in [7, 11) is 1.68. The van der Waals surface area contributed by atoms with Gasteiger partial charge in [0.2, 0.25) is 0 Å². The van der Waals surface area contributed by atoms with Crippen LogP contribution in [0.1, 0.15) is 28.9 Å². The van der Waals surface area contributed by atoms with Crippen molar-refractivity contribution in [3.05, 3.63) is 65.2 Å². The lowest BCUT2D eigenvalue weighted by Crippen LogP contribution is -1.86. The molecule has 92 valence electrons. The molecule has 1 heterocycles. The van der Waals surface area contributed by atoms with Gasteiger partial charge in [-0.3, -0.25) is 0 Å². The third-order valence-electron chi connectivity index (χ3n) is 3.34. The zero-order chi connectivity index (χ0) is 12.5. The Balaban J connectivity index is 1.74. The van der Waals surface area contributed by atoms with Crippen LogP contribution in [0.4, 0.5) is 0 Å². The molecule has 2 atom stereocenters. The molecule has 0 aliphatic carbocycles. The lowest BCUT2D eigenvalue weighted by Gasteiger charge is -2.01. The third kappa shape index (κ3) is 2.12. The Morgan fingerprint density at radius 2 is 1.33 bits per heavy atom. The number of hydrogen-bond acceptors (Lipinski definition) is 2. The molecule has 0 amide bonds. The molecule has 2 nitrogen and oxygen atoms in total. The molecule has 0 aromatic heterocycles. The standard InChI is InChI=1S/C16H16O2/c1-11-3-5-12(6-4-11)15-16(18-15)13-7-9-14(17-2)10-8-13/h3-10,15-16H,1-2H3. The van der Waals surface area contributed by atoms with E-state index in [4.69, 9.17) is 9.47 Å². The molecular weight excluding hydrogens is 224 g/mol. The molecule has 0 spiro atoms. The van der Waals surface area contributed by atoms with Gasteiger partial charge in [0.25, 0.3) is 0 Å². The van der Waals surface area contributed by atoms with E-state index < -0.39 is 0 Å². The topological polar surface area (TPSA) is 21.8 Å². The van der Waals surface area contributed by atoms with E-state index in [0.29, 0.717) is 0 Å². The van der Waals surface area contributed by atoms with Gasteiger partial charge >= 0.3 is 0 Å². The Morgan fingerprint density at radius 1 is 0.833 bits per heavy atom. The van der Waals surface area contributed by atoms with Gasteiger partial charge in [-0.1, -0.05) is 42.0 Å². The molecule has 0 radical (unpaired) electrons. The number of rotatable bonds is 3. The Labute approximate surface area is 107 Å². The van der Waals surface area contributed by atoms with Crippen molar-refractivity contribution in [2.24, 2.45) is 0 Å². The fraction of sp³-hybridized carbons (Fsp3) is 0.250. The van der Waals surface area contributed by atoms with Crippen LogP contribution in [0.2, 0.25) is 0 Å². The minimum atomic E-state index is 0.193. The third-order valence-corrected chi connectivity index (χ3v) is 3.34. The van der Waals surface area contributed by atoms with E-state index in [-0.39, 0.29) is 12.2 Å². The molecule has 2 heteroatoms. The summed E-state index contributed by atoms with van der Waals surface area (Å²) in [6, 6.07) is 16.6. The van der Waals surface area contributed by atoms with Crippen LogP contribution in [-0.4, -0.2) is 7.11 Å². The highest BCUT2D eigenvalue weighted by Gasteiger charge is 2.41. The van der Waals surface area contributed by atoms with Crippen LogP contribution >= 0.6 is 0 Å². The van der Waals surface area contributed by atoms with Crippen LogP contribution in [-0.2, 0) is 4.74 Å². The van der Waals surface area contributed by atoms with Gasteiger partial charge in [0.05, 0.1) is 7.11 Å². The molecule has 0 saturated carbocycles. The summed E-state index contributed by atoms with van der Waals surface area (Å²) in [5, 5.41) is 0. The van der Waals surface area contributed by atoms with Gasteiger partial charge in [0.1, 0.15) is 18.0 Å². The van der Waals surface area contributed by atoms with Gasteiger partial charge in [0, 0.05) is 0 Å². The summed E-state index contributed by atoms with van der Waals surface area (Å²) in [6.45, 7) is 2.10. The Kier molecular flexibility index (Phi) is 2.80. The second kappa shape index (κ2) is 4.46. The van der Waals surface area contributed by atoms with Crippen molar-refractivity contribution in [3.8, 4) is 5.75 Å². The van der Waals surface area contributed by atoms with Crippen molar-refractivity contribution in [3.63, 3.8) is 0 Å². The highest BCUT2D eigenvalue weighted by atomic mass is 16.6. The van der Waals surface area contributed by atoms with E-state index in [2.05, 4.69) is 43.3 Å². The molecule has 1 aliphatic heterocycles. The smallest absolute Gasteiger partial charge is 0.118 e. The molecule has 2 unspecified atom stereocenters.